The van der Waals surface area contributed by atoms with Crippen LogP contribution in [0.3, 0.4) is 0 Å². The van der Waals surface area contributed by atoms with E-state index in [1.54, 1.807) is 37.6 Å². The Morgan fingerprint density at radius 1 is 1.07 bits per heavy atom. The summed E-state index contributed by atoms with van der Waals surface area (Å²) in [7, 11) is 1.58. The molecule has 8 heteroatoms. The van der Waals surface area contributed by atoms with Gasteiger partial charge in [0.15, 0.2) is 5.16 Å². The lowest BCUT2D eigenvalue weighted by Crippen LogP contribution is -2.35. The van der Waals surface area contributed by atoms with E-state index in [4.69, 9.17) is 4.74 Å². The molecule has 0 spiro atoms. The number of carbonyl (C=O) groups excluding carboxylic acids is 2. The van der Waals surface area contributed by atoms with Crippen molar-refractivity contribution < 1.29 is 14.3 Å². The topological polar surface area (TPSA) is 85.2 Å². The Hall–Kier alpha value is -3.26. The number of hydrogen-bond acceptors (Lipinski definition) is 5. The average molecular weight is 425 g/mol. The number of methoxy groups -OCH3 is 1. The summed E-state index contributed by atoms with van der Waals surface area (Å²) in [6.07, 6.45) is 3.61. The predicted molar refractivity (Wildman–Crippen MR) is 117 cm³/mol. The molecule has 2 N–H and O–H groups in total. The second-order valence-electron chi connectivity index (χ2n) is 6.49. The number of ether oxygens (including phenoxy) is 1. The minimum atomic E-state index is -0.193. The van der Waals surface area contributed by atoms with Crippen LogP contribution in [0.1, 0.15) is 15.9 Å². The van der Waals surface area contributed by atoms with Gasteiger partial charge in [0.05, 0.1) is 18.6 Å². The van der Waals surface area contributed by atoms with Crippen molar-refractivity contribution >= 4 is 23.6 Å². The predicted octanol–water partition coefficient (Wildman–Crippen LogP) is 2.83. The summed E-state index contributed by atoms with van der Waals surface area (Å²) < 4.78 is 7.05. The third kappa shape index (κ3) is 5.64. The summed E-state index contributed by atoms with van der Waals surface area (Å²) in [6, 6.07) is 14.9. The van der Waals surface area contributed by atoms with Crippen LogP contribution in [0, 0.1) is 6.92 Å². The molecule has 3 rings (SSSR count). The molecule has 3 aromatic rings. The van der Waals surface area contributed by atoms with Crippen molar-refractivity contribution in [3.63, 3.8) is 0 Å². The van der Waals surface area contributed by atoms with Gasteiger partial charge in [-0.25, -0.2) is 4.98 Å². The summed E-state index contributed by atoms with van der Waals surface area (Å²) in [4.78, 5) is 28.6. The molecule has 0 saturated carbocycles. The minimum Gasteiger partial charge on any atom is -0.497 e. The third-order valence-corrected chi connectivity index (χ3v) is 5.37. The van der Waals surface area contributed by atoms with Crippen molar-refractivity contribution in [3.05, 3.63) is 72.1 Å². The molecule has 156 valence electrons. The molecule has 2 amide bonds. The van der Waals surface area contributed by atoms with Gasteiger partial charge >= 0.3 is 0 Å². The van der Waals surface area contributed by atoms with Gasteiger partial charge in [0.25, 0.3) is 5.91 Å². The van der Waals surface area contributed by atoms with E-state index in [-0.39, 0.29) is 17.6 Å². The van der Waals surface area contributed by atoms with E-state index in [1.807, 2.05) is 42.0 Å². The van der Waals surface area contributed by atoms with E-state index in [1.165, 1.54) is 11.8 Å². The largest absolute Gasteiger partial charge is 0.497 e. The lowest BCUT2D eigenvalue weighted by molar-refractivity contribution is -0.118. The number of thioether (sulfide) groups is 1. The Bertz CT molecular complexity index is 1000. The molecule has 30 heavy (non-hydrogen) atoms. The number of rotatable bonds is 9. The van der Waals surface area contributed by atoms with Crippen LogP contribution in [-0.2, 0) is 4.79 Å². The van der Waals surface area contributed by atoms with Gasteiger partial charge < -0.3 is 15.4 Å². The minimum absolute atomic E-state index is 0.113. The maximum absolute atomic E-state index is 12.1. The number of amides is 2. The Morgan fingerprint density at radius 3 is 2.53 bits per heavy atom. The maximum atomic E-state index is 12.1. The molecule has 0 radical (unpaired) electrons. The van der Waals surface area contributed by atoms with Crippen LogP contribution in [0.5, 0.6) is 5.75 Å². The molecular weight excluding hydrogens is 400 g/mol. The van der Waals surface area contributed by atoms with Crippen LogP contribution >= 0.6 is 11.8 Å². The van der Waals surface area contributed by atoms with Gasteiger partial charge in [0.2, 0.25) is 5.91 Å². The van der Waals surface area contributed by atoms with Crippen LogP contribution in [0.2, 0.25) is 0 Å². The van der Waals surface area contributed by atoms with Crippen molar-refractivity contribution in [1.29, 1.82) is 0 Å². The smallest absolute Gasteiger partial charge is 0.251 e. The van der Waals surface area contributed by atoms with Crippen molar-refractivity contribution in [1.82, 2.24) is 20.2 Å². The molecule has 0 aliphatic carbocycles. The van der Waals surface area contributed by atoms with Gasteiger partial charge in [-0.3, -0.25) is 14.2 Å². The highest BCUT2D eigenvalue weighted by atomic mass is 32.2. The lowest BCUT2D eigenvalue weighted by atomic mass is 10.2. The number of aryl methyl sites for hydroxylation is 1. The number of aromatic nitrogens is 2. The molecule has 1 aromatic heterocycles. The fourth-order valence-corrected chi connectivity index (χ4v) is 3.61. The fraction of sp³-hybridized carbons (Fsp3) is 0.227. The van der Waals surface area contributed by atoms with Crippen LogP contribution < -0.4 is 15.4 Å². The van der Waals surface area contributed by atoms with Crippen molar-refractivity contribution in [2.45, 2.75) is 12.1 Å². The number of imidazole rings is 1. The fourth-order valence-electron chi connectivity index (χ4n) is 2.82. The van der Waals surface area contributed by atoms with Crippen LogP contribution in [0.4, 0.5) is 0 Å². The van der Waals surface area contributed by atoms with E-state index < -0.39 is 0 Å². The number of benzene rings is 2. The molecule has 0 bridgehead atoms. The Morgan fingerprint density at radius 2 is 1.80 bits per heavy atom. The molecule has 0 fully saturated rings. The normalized spacial score (nSPS) is 10.5. The number of nitrogens with zero attached hydrogens (tertiary/aromatic N) is 2. The van der Waals surface area contributed by atoms with Crippen LogP contribution in [-0.4, -0.2) is 47.3 Å². The van der Waals surface area contributed by atoms with Gasteiger partial charge in [-0.05, 0) is 42.8 Å². The van der Waals surface area contributed by atoms with Crippen molar-refractivity contribution in [2.75, 3.05) is 26.0 Å². The quantitative estimate of drug-likeness (QED) is 0.408. The van der Waals surface area contributed by atoms with Crippen molar-refractivity contribution in [3.8, 4) is 11.4 Å². The number of hydrogen-bond donors (Lipinski definition) is 2. The van der Waals surface area contributed by atoms with Gasteiger partial charge in [-0.1, -0.05) is 30.0 Å². The highest BCUT2D eigenvalue weighted by Crippen LogP contribution is 2.22. The molecule has 2 aromatic carbocycles. The van der Waals surface area contributed by atoms with Gasteiger partial charge in [-0.2, -0.15) is 0 Å². The molecule has 7 nitrogen and oxygen atoms in total. The molecule has 0 atom stereocenters. The lowest BCUT2D eigenvalue weighted by Gasteiger charge is -2.10. The standard InChI is InChI=1S/C22H24N4O3S/c1-16-5-3-4-6-19(16)26-14-13-25-22(26)30-15-20(27)23-11-12-24-21(28)17-7-9-18(29-2)10-8-17/h3-10,13-14H,11-12,15H2,1-2H3,(H,23,27)(H,24,28). The van der Waals surface area contributed by atoms with E-state index in [2.05, 4.69) is 15.6 Å². The molecule has 0 saturated heterocycles. The first-order chi connectivity index (χ1) is 14.6. The second-order valence-corrected chi connectivity index (χ2v) is 7.43. The van der Waals surface area contributed by atoms with E-state index >= 15 is 0 Å². The number of nitrogens with one attached hydrogen (secondary N) is 2. The van der Waals surface area contributed by atoms with Crippen LogP contribution in [0.15, 0.2) is 66.1 Å². The van der Waals surface area contributed by atoms with Gasteiger partial charge in [-0.15, -0.1) is 0 Å². The zero-order valence-corrected chi connectivity index (χ0v) is 17.7. The van der Waals surface area contributed by atoms with E-state index in [0.717, 1.165) is 16.4 Å². The molecule has 0 aliphatic rings. The average Bonchev–Trinajstić information content (AvgIpc) is 3.24. The number of carbonyl (C=O) groups is 2. The van der Waals surface area contributed by atoms with Crippen LogP contribution in [0.25, 0.3) is 5.69 Å². The summed E-state index contributed by atoms with van der Waals surface area (Å²) in [5.41, 5.74) is 2.72. The number of para-hydroxylation sites is 1. The first-order valence-electron chi connectivity index (χ1n) is 9.49. The monoisotopic (exact) mass is 424 g/mol. The first kappa shape index (κ1) is 21.4. The molecule has 0 unspecified atom stereocenters. The highest BCUT2D eigenvalue weighted by Gasteiger charge is 2.10. The summed E-state index contributed by atoms with van der Waals surface area (Å²) in [5, 5.41) is 6.35. The van der Waals surface area contributed by atoms with Crippen molar-refractivity contribution in [2.24, 2.45) is 0 Å². The first-order valence-corrected chi connectivity index (χ1v) is 10.5. The summed E-state index contributed by atoms with van der Waals surface area (Å²) in [6.45, 7) is 2.74. The zero-order chi connectivity index (χ0) is 21.3. The molecule has 0 aliphatic heterocycles. The highest BCUT2D eigenvalue weighted by molar-refractivity contribution is 7.99. The maximum Gasteiger partial charge on any atom is 0.251 e. The second kappa shape index (κ2) is 10.5. The Labute approximate surface area is 179 Å². The summed E-state index contributed by atoms with van der Waals surface area (Å²) in [5.74, 6) is 0.633. The van der Waals surface area contributed by atoms with Gasteiger partial charge in [0, 0.05) is 31.0 Å². The SMILES string of the molecule is COc1ccc(C(=O)NCCNC(=O)CSc2nccn2-c2ccccc2C)cc1. The Kier molecular flexibility index (Phi) is 7.51. The summed E-state index contributed by atoms with van der Waals surface area (Å²) >= 11 is 1.37. The zero-order valence-electron chi connectivity index (χ0n) is 16.9. The molecule has 1 heterocycles. The van der Waals surface area contributed by atoms with Gasteiger partial charge in [0.1, 0.15) is 5.75 Å². The third-order valence-electron chi connectivity index (χ3n) is 4.40. The van der Waals surface area contributed by atoms with E-state index in [9.17, 15) is 9.59 Å². The Balaban J connectivity index is 1.41. The molecular formula is C22H24N4O3S. The van der Waals surface area contributed by atoms with E-state index in [0.29, 0.717) is 24.4 Å².